The predicted octanol–water partition coefficient (Wildman–Crippen LogP) is 4.51. The topological polar surface area (TPSA) is 71.8 Å². The molecule has 2 heterocycles. The second-order valence-corrected chi connectivity index (χ2v) is 10.2. The van der Waals surface area contributed by atoms with Gasteiger partial charge in [-0.2, -0.15) is 5.26 Å². The summed E-state index contributed by atoms with van der Waals surface area (Å²) >= 11 is 1.67. The number of aryl methyl sites for hydroxylation is 1. The number of likely N-dealkylation sites (tertiary alicyclic amines) is 1. The summed E-state index contributed by atoms with van der Waals surface area (Å²) in [5, 5.41) is 9.40. The normalized spacial score (nSPS) is 28.1. The molecule has 2 saturated heterocycles. The van der Waals surface area contributed by atoms with E-state index in [4.69, 9.17) is 14.2 Å². The van der Waals surface area contributed by atoms with Crippen LogP contribution in [0.25, 0.3) is 0 Å². The second kappa shape index (κ2) is 8.17. The molecule has 3 rings (SSSR count). The summed E-state index contributed by atoms with van der Waals surface area (Å²) in [5.74, 6) is -0.111. The number of thioether (sulfide) groups is 1. The van der Waals surface area contributed by atoms with Gasteiger partial charge in [-0.1, -0.05) is 17.7 Å². The molecule has 0 bridgehead atoms. The molecule has 29 heavy (non-hydrogen) atoms. The summed E-state index contributed by atoms with van der Waals surface area (Å²) in [5.41, 5.74) is 0.563. The summed E-state index contributed by atoms with van der Waals surface area (Å²) in [6.45, 7) is 11.3. The fourth-order valence-electron chi connectivity index (χ4n) is 3.93. The fraction of sp³-hybridized carbons (Fsp3) is 0.636. The molecule has 2 aliphatic heterocycles. The first-order valence-corrected chi connectivity index (χ1v) is 10.9. The minimum absolute atomic E-state index is 0.172. The number of carbonyl (C=O) groups is 1. The van der Waals surface area contributed by atoms with Crippen molar-refractivity contribution >= 4 is 17.9 Å². The summed E-state index contributed by atoms with van der Waals surface area (Å²) < 4.78 is 18.0. The lowest BCUT2D eigenvalue weighted by Crippen LogP contribution is -2.49. The van der Waals surface area contributed by atoms with Gasteiger partial charge < -0.3 is 14.2 Å². The van der Waals surface area contributed by atoms with E-state index in [0.29, 0.717) is 5.75 Å². The number of fused-ring (bicyclic) bond motifs is 1. The highest BCUT2D eigenvalue weighted by Crippen LogP contribution is 2.43. The number of hydrogen-bond donors (Lipinski definition) is 0. The number of nitrogens with zero attached hydrogens (tertiary/aromatic N) is 2. The molecule has 0 aromatic heterocycles. The number of amides is 1. The van der Waals surface area contributed by atoms with Crippen LogP contribution in [-0.2, 0) is 14.2 Å². The lowest BCUT2D eigenvalue weighted by Gasteiger charge is -2.34. The van der Waals surface area contributed by atoms with Crippen molar-refractivity contribution in [3.05, 3.63) is 29.8 Å². The van der Waals surface area contributed by atoms with Crippen molar-refractivity contribution in [2.75, 3.05) is 5.75 Å². The number of carbonyl (C=O) groups excluding carboxylic acids is 1. The SMILES string of the molecule is Cc1cccc(SC[C@@H]2[C@H]3OC(C)(C)O[C@H]3[C@H](CC#N)N2C(=O)OC(C)(C)C)c1. The van der Waals surface area contributed by atoms with E-state index in [9.17, 15) is 10.1 Å². The average molecular weight is 419 g/mol. The highest BCUT2D eigenvalue weighted by Gasteiger charge is 2.59. The van der Waals surface area contributed by atoms with Gasteiger partial charge >= 0.3 is 6.09 Å². The Kier molecular flexibility index (Phi) is 6.19. The monoisotopic (exact) mass is 418 g/mol. The van der Waals surface area contributed by atoms with Gasteiger partial charge in [0.05, 0.1) is 24.6 Å². The van der Waals surface area contributed by atoms with Crippen LogP contribution in [0, 0.1) is 18.3 Å². The van der Waals surface area contributed by atoms with Gasteiger partial charge in [0.1, 0.15) is 17.8 Å². The Hall–Kier alpha value is -1.75. The molecule has 2 aliphatic rings. The van der Waals surface area contributed by atoms with Gasteiger partial charge in [-0.25, -0.2) is 4.79 Å². The highest BCUT2D eigenvalue weighted by atomic mass is 32.2. The molecule has 0 unspecified atom stereocenters. The van der Waals surface area contributed by atoms with E-state index in [0.717, 1.165) is 4.90 Å². The van der Waals surface area contributed by atoms with Crippen LogP contribution in [0.15, 0.2) is 29.2 Å². The predicted molar refractivity (Wildman–Crippen MR) is 112 cm³/mol. The maximum Gasteiger partial charge on any atom is 0.411 e. The van der Waals surface area contributed by atoms with E-state index < -0.39 is 23.5 Å². The van der Waals surface area contributed by atoms with E-state index in [1.54, 1.807) is 16.7 Å². The van der Waals surface area contributed by atoms with Crippen LogP contribution < -0.4 is 0 Å². The van der Waals surface area contributed by atoms with Crippen LogP contribution in [0.5, 0.6) is 0 Å². The Labute approximate surface area is 177 Å². The van der Waals surface area contributed by atoms with Crippen molar-refractivity contribution in [3.8, 4) is 6.07 Å². The lowest BCUT2D eigenvalue weighted by molar-refractivity contribution is -0.165. The number of ether oxygens (including phenoxy) is 3. The smallest absolute Gasteiger partial charge is 0.411 e. The Morgan fingerprint density at radius 1 is 1.28 bits per heavy atom. The zero-order chi connectivity index (χ0) is 21.4. The van der Waals surface area contributed by atoms with Gasteiger partial charge in [0, 0.05) is 10.6 Å². The maximum absolute atomic E-state index is 13.1. The van der Waals surface area contributed by atoms with E-state index in [-0.39, 0.29) is 24.7 Å². The summed E-state index contributed by atoms with van der Waals surface area (Å²) in [6.07, 6.45) is -0.897. The van der Waals surface area contributed by atoms with E-state index >= 15 is 0 Å². The van der Waals surface area contributed by atoms with Crippen molar-refractivity contribution in [1.82, 2.24) is 4.90 Å². The molecule has 1 aromatic rings. The van der Waals surface area contributed by atoms with Crippen molar-refractivity contribution in [2.24, 2.45) is 0 Å². The molecule has 1 amide bonds. The molecule has 158 valence electrons. The van der Waals surface area contributed by atoms with Crippen molar-refractivity contribution < 1.29 is 19.0 Å². The first-order chi connectivity index (χ1) is 13.5. The molecule has 0 saturated carbocycles. The fourth-order valence-corrected chi connectivity index (χ4v) is 5.09. The first-order valence-electron chi connectivity index (χ1n) is 9.94. The number of hydrogen-bond acceptors (Lipinski definition) is 6. The van der Waals surface area contributed by atoms with Crippen LogP contribution in [0.4, 0.5) is 4.79 Å². The molecule has 4 atom stereocenters. The molecular weight excluding hydrogens is 388 g/mol. The third-order valence-corrected chi connectivity index (χ3v) is 6.05. The number of benzene rings is 1. The summed E-state index contributed by atoms with van der Waals surface area (Å²) in [7, 11) is 0. The van der Waals surface area contributed by atoms with Crippen molar-refractivity contribution in [1.29, 1.82) is 5.26 Å². The standard InChI is InChI=1S/C22H30N2O4S/c1-14-8-7-9-15(12-14)29-13-17-19-18(26-22(5,6)27-19)16(10-11-23)24(17)20(25)28-21(2,3)4/h7-9,12,16-19H,10,13H2,1-6H3/t16-,17+,18-,19+/m0/s1. The van der Waals surface area contributed by atoms with Crippen LogP contribution in [0.3, 0.4) is 0 Å². The van der Waals surface area contributed by atoms with E-state index in [2.05, 4.69) is 31.2 Å². The van der Waals surface area contributed by atoms with Crippen molar-refractivity contribution in [3.63, 3.8) is 0 Å². The van der Waals surface area contributed by atoms with Crippen molar-refractivity contribution in [2.45, 2.75) is 88.5 Å². The van der Waals surface area contributed by atoms with E-state index in [1.807, 2.05) is 40.7 Å². The zero-order valence-electron chi connectivity index (χ0n) is 18.0. The Balaban J connectivity index is 1.88. The van der Waals surface area contributed by atoms with Crippen LogP contribution in [-0.4, -0.2) is 52.4 Å². The van der Waals surface area contributed by atoms with Crippen LogP contribution in [0.1, 0.15) is 46.6 Å². The minimum Gasteiger partial charge on any atom is -0.444 e. The number of nitriles is 1. The van der Waals surface area contributed by atoms with E-state index in [1.165, 1.54) is 5.56 Å². The average Bonchev–Trinajstić information content (AvgIpc) is 3.03. The maximum atomic E-state index is 13.1. The minimum atomic E-state index is -0.741. The van der Waals surface area contributed by atoms with Gasteiger partial charge in [0.25, 0.3) is 0 Å². The summed E-state index contributed by atoms with van der Waals surface area (Å²) in [4.78, 5) is 15.9. The molecule has 6 nitrogen and oxygen atoms in total. The van der Waals surface area contributed by atoms with Gasteiger partial charge in [0.2, 0.25) is 0 Å². The van der Waals surface area contributed by atoms with Crippen LogP contribution >= 0.6 is 11.8 Å². The highest BCUT2D eigenvalue weighted by molar-refractivity contribution is 7.99. The lowest BCUT2D eigenvalue weighted by atomic mass is 10.1. The molecule has 0 aliphatic carbocycles. The largest absolute Gasteiger partial charge is 0.444 e. The quantitative estimate of drug-likeness (QED) is 0.670. The number of rotatable bonds is 4. The zero-order valence-corrected chi connectivity index (χ0v) is 18.8. The third-order valence-electron chi connectivity index (χ3n) is 4.95. The van der Waals surface area contributed by atoms with Crippen LogP contribution in [0.2, 0.25) is 0 Å². The molecule has 0 spiro atoms. The van der Waals surface area contributed by atoms with Gasteiger partial charge in [0.15, 0.2) is 5.79 Å². The molecular formula is C22H30N2O4S. The molecule has 1 aromatic carbocycles. The Morgan fingerprint density at radius 3 is 2.52 bits per heavy atom. The Bertz CT molecular complexity index is 799. The molecule has 0 N–H and O–H groups in total. The van der Waals surface area contributed by atoms with Gasteiger partial charge in [-0.15, -0.1) is 11.8 Å². The molecule has 7 heteroatoms. The molecule has 0 radical (unpaired) electrons. The third kappa shape index (κ3) is 5.06. The van der Waals surface area contributed by atoms with Gasteiger partial charge in [-0.3, -0.25) is 4.90 Å². The second-order valence-electron chi connectivity index (χ2n) is 9.08. The van der Waals surface area contributed by atoms with Gasteiger partial charge in [-0.05, 0) is 53.7 Å². The Morgan fingerprint density at radius 2 is 1.93 bits per heavy atom. The first kappa shape index (κ1) is 21.9. The summed E-state index contributed by atoms with van der Waals surface area (Å²) in [6, 6.07) is 9.83. The molecule has 2 fully saturated rings.